The number of aromatic nitrogens is 1. The molecule has 102 valence electrons. The van der Waals surface area contributed by atoms with Gasteiger partial charge >= 0.3 is 0 Å². The highest BCUT2D eigenvalue weighted by molar-refractivity contribution is 6.01. The Morgan fingerprint density at radius 2 is 2.25 bits per heavy atom. The highest BCUT2D eigenvalue weighted by atomic mass is 19.1. The number of pyridine rings is 1. The molecule has 0 saturated carbocycles. The first-order valence-electron chi connectivity index (χ1n) is 6.52. The van der Waals surface area contributed by atoms with Crippen LogP contribution in [0.5, 0.6) is 5.75 Å². The SMILES string of the molecule is COc1ccc(C(=O)C2CCc3cccnc32)cc1F. The molecule has 0 bridgehead atoms. The molecule has 0 N–H and O–H groups in total. The van der Waals surface area contributed by atoms with Crippen LogP contribution in [0.25, 0.3) is 0 Å². The summed E-state index contributed by atoms with van der Waals surface area (Å²) < 4.78 is 18.6. The third-order valence-corrected chi connectivity index (χ3v) is 3.71. The van der Waals surface area contributed by atoms with Crippen LogP contribution < -0.4 is 4.74 Å². The number of rotatable bonds is 3. The minimum absolute atomic E-state index is 0.0796. The predicted octanol–water partition coefficient (Wildman–Crippen LogP) is 3.14. The van der Waals surface area contributed by atoms with E-state index in [2.05, 4.69) is 4.98 Å². The molecule has 0 spiro atoms. The van der Waals surface area contributed by atoms with Crippen molar-refractivity contribution in [3.63, 3.8) is 0 Å². The molecular weight excluding hydrogens is 257 g/mol. The number of hydrogen-bond donors (Lipinski definition) is 0. The van der Waals surface area contributed by atoms with E-state index in [-0.39, 0.29) is 17.5 Å². The van der Waals surface area contributed by atoms with Gasteiger partial charge in [0.15, 0.2) is 17.3 Å². The molecule has 0 amide bonds. The van der Waals surface area contributed by atoms with Crippen LogP contribution in [0.2, 0.25) is 0 Å². The van der Waals surface area contributed by atoms with E-state index in [1.165, 1.54) is 19.2 Å². The van der Waals surface area contributed by atoms with E-state index in [1.807, 2.05) is 12.1 Å². The summed E-state index contributed by atoms with van der Waals surface area (Å²) in [4.78, 5) is 16.8. The van der Waals surface area contributed by atoms with Crippen molar-refractivity contribution in [2.45, 2.75) is 18.8 Å². The first-order chi connectivity index (χ1) is 9.70. The van der Waals surface area contributed by atoms with Gasteiger partial charge < -0.3 is 4.74 Å². The minimum Gasteiger partial charge on any atom is -0.494 e. The largest absolute Gasteiger partial charge is 0.494 e. The van der Waals surface area contributed by atoms with Crippen molar-refractivity contribution in [3.8, 4) is 5.75 Å². The van der Waals surface area contributed by atoms with Crippen molar-refractivity contribution < 1.29 is 13.9 Å². The number of aryl methyl sites for hydroxylation is 1. The fourth-order valence-corrected chi connectivity index (χ4v) is 2.69. The lowest BCUT2D eigenvalue weighted by atomic mass is 9.95. The number of benzene rings is 1. The highest BCUT2D eigenvalue weighted by Gasteiger charge is 2.30. The molecule has 2 aromatic rings. The predicted molar refractivity (Wildman–Crippen MR) is 72.6 cm³/mol. The molecule has 1 atom stereocenters. The zero-order valence-corrected chi connectivity index (χ0v) is 11.1. The number of ether oxygens (including phenoxy) is 1. The van der Waals surface area contributed by atoms with Crippen LogP contribution in [0, 0.1) is 5.82 Å². The van der Waals surface area contributed by atoms with E-state index in [4.69, 9.17) is 4.74 Å². The van der Waals surface area contributed by atoms with Gasteiger partial charge in [-0.1, -0.05) is 6.07 Å². The highest BCUT2D eigenvalue weighted by Crippen LogP contribution is 2.34. The van der Waals surface area contributed by atoms with Gasteiger partial charge in [-0.2, -0.15) is 0 Å². The van der Waals surface area contributed by atoms with E-state index >= 15 is 0 Å². The maximum atomic E-state index is 13.7. The molecule has 1 aliphatic rings. The molecule has 4 heteroatoms. The van der Waals surface area contributed by atoms with Crippen molar-refractivity contribution in [3.05, 3.63) is 59.2 Å². The monoisotopic (exact) mass is 271 g/mol. The van der Waals surface area contributed by atoms with Gasteiger partial charge in [-0.3, -0.25) is 9.78 Å². The number of halogens is 1. The summed E-state index contributed by atoms with van der Waals surface area (Å²) in [6, 6.07) is 8.19. The lowest BCUT2D eigenvalue weighted by molar-refractivity contribution is 0.0957. The molecular formula is C16H14FNO2. The topological polar surface area (TPSA) is 39.2 Å². The van der Waals surface area contributed by atoms with E-state index in [1.54, 1.807) is 12.3 Å². The van der Waals surface area contributed by atoms with Gasteiger partial charge in [-0.05, 0) is 42.7 Å². The Labute approximate surface area is 116 Å². The minimum atomic E-state index is -0.516. The Bertz CT molecular complexity index is 669. The van der Waals surface area contributed by atoms with E-state index in [0.29, 0.717) is 5.56 Å². The summed E-state index contributed by atoms with van der Waals surface area (Å²) in [5, 5.41) is 0. The molecule has 0 fully saturated rings. The van der Waals surface area contributed by atoms with Gasteiger partial charge in [0.05, 0.1) is 18.7 Å². The van der Waals surface area contributed by atoms with E-state index < -0.39 is 5.82 Å². The van der Waals surface area contributed by atoms with Crippen LogP contribution in [-0.4, -0.2) is 17.9 Å². The van der Waals surface area contributed by atoms with Gasteiger partial charge in [-0.15, -0.1) is 0 Å². The third kappa shape index (κ3) is 2.07. The van der Waals surface area contributed by atoms with Crippen molar-refractivity contribution >= 4 is 5.78 Å². The normalized spacial score (nSPS) is 16.8. The van der Waals surface area contributed by atoms with Gasteiger partial charge in [-0.25, -0.2) is 4.39 Å². The van der Waals surface area contributed by atoms with Gasteiger partial charge in [0, 0.05) is 11.8 Å². The second-order valence-corrected chi connectivity index (χ2v) is 4.85. The van der Waals surface area contributed by atoms with Crippen LogP contribution in [0.1, 0.15) is 34.0 Å². The number of Topliss-reactive ketones (excluding diaryl/α,β-unsaturated/α-hetero) is 1. The molecule has 0 radical (unpaired) electrons. The Hall–Kier alpha value is -2.23. The van der Waals surface area contributed by atoms with Crippen molar-refractivity contribution in [1.29, 1.82) is 0 Å². The zero-order valence-electron chi connectivity index (χ0n) is 11.1. The number of hydrogen-bond acceptors (Lipinski definition) is 3. The Balaban J connectivity index is 1.93. The Morgan fingerprint density at radius 1 is 1.40 bits per heavy atom. The number of carbonyl (C=O) groups excluding carboxylic acids is 1. The van der Waals surface area contributed by atoms with Crippen LogP contribution >= 0.6 is 0 Å². The van der Waals surface area contributed by atoms with Crippen LogP contribution in [-0.2, 0) is 6.42 Å². The smallest absolute Gasteiger partial charge is 0.172 e. The maximum absolute atomic E-state index is 13.7. The fraction of sp³-hybridized carbons (Fsp3) is 0.250. The molecule has 0 aliphatic heterocycles. The van der Waals surface area contributed by atoms with Crippen LogP contribution in [0.4, 0.5) is 4.39 Å². The van der Waals surface area contributed by atoms with E-state index in [0.717, 1.165) is 24.1 Å². The number of fused-ring (bicyclic) bond motifs is 1. The first-order valence-corrected chi connectivity index (χ1v) is 6.52. The second-order valence-electron chi connectivity index (χ2n) is 4.85. The van der Waals surface area contributed by atoms with Crippen molar-refractivity contribution in [2.75, 3.05) is 7.11 Å². The molecule has 1 aromatic carbocycles. The number of methoxy groups -OCH3 is 1. The summed E-state index contributed by atoms with van der Waals surface area (Å²) in [5.41, 5.74) is 2.31. The molecule has 1 aliphatic carbocycles. The third-order valence-electron chi connectivity index (χ3n) is 3.71. The zero-order chi connectivity index (χ0) is 14.1. The lowest BCUT2D eigenvalue weighted by Crippen LogP contribution is -2.11. The first kappa shape index (κ1) is 12.8. The molecule has 1 aromatic heterocycles. The fourth-order valence-electron chi connectivity index (χ4n) is 2.69. The standard InChI is InChI=1S/C16H14FNO2/c1-20-14-7-5-11(9-13(14)17)16(19)12-6-4-10-3-2-8-18-15(10)12/h2-3,5,7-9,12H,4,6H2,1H3. The number of carbonyl (C=O) groups is 1. The molecule has 1 heterocycles. The van der Waals surface area contributed by atoms with Crippen molar-refractivity contribution in [2.24, 2.45) is 0 Å². The summed E-state index contributed by atoms with van der Waals surface area (Å²) >= 11 is 0. The molecule has 20 heavy (non-hydrogen) atoms. The molecule has 3 rings (SSSR count). The Morgan fingerprint density at radius 3 is 3.00 bits per heavy atom. The van der Waals surface area contributed by atoms with Gasteiger partial charge in [0.2, 0.25) is 0 Å². The number of ketones is 1. The Kier molecular flexibility index (Phi) is 3.22. The van der Waals surface area contributed by atoms with Crippen LogP contribution in [0.15, 0.2) is 36.5 Å². The summed E-state index contributed by atoms with van der Waals surface area (Å²) in [5.74, 6) is -0.716. The second kappa shape index (κ2) is 5.04. The lowest BCUT2D eigenvalue weighted by Gasteiger charge is -2.10. The molecule has 1 unspecified atom stereocenters. The van der Waals surface area contributed by atoms with Gasteiger partial charge in [0.25, 0.3) is 0 Å². The average molecular weight is 271 g/mol. The van der Waals surface area contributed by atoms with Crippen LogP contribution in [0.3, 0.4) is 0 Å². The van der Waals surface area contributed by atoms with Gasteiger partial charge in [0.1, 0.15) is 0 Å². The molecule has 3 nitrogen and oxygen atoms in total. The summed E-state index contributed by atoms with van der Waals surface area (Å²) in [6.45, 7) is 0. The number of nitrogens with zero attached hydrogens (tertiary/aromatic N) is 1. The summed E-state index contributed by atoms with van der Waals surface area (Å²) in [6.07, 6.45) is 3.27. The van der Waals surface area contributed by atoms with E-state index in [9.17, 15) is 9.18 Å². The quantitative estimate of drug-likeness (QED) is 0.805. The summed E-state index contributed by atoms with van der Waals surface area (Å²) in [7, 11) is 1.40. The molecule has 0 saturated heterocycles. The maximum Gasteiger partial charge on any atom is 0.172 e. The van der Waals surface area contributed by atoms with Crippen molar-refractivity contribution in [1.82, 2.24) is 4.98 Å². The average Bonchev–Trinajstić information content (AvgIpc) is 2.90.